The summed E-state index contributed by atoms with van der Waals surface area (Å²) in [7, 11) is 0. The summed E-state index contributed by atoms with van der Waals surface area (Å²) in [5, 5.41) is 75.1. The van der Waals surface area contributed by atoms with Crippen molar-refractivity contribution in [1.29, 1.82) is 31.6 Å². The lowest BCUT2D eigenvalue weighted by Gasteiger charge is -2.12. The van der Waals surface area contributed by atoms with Gasteiger partial charge in [-0.3, -0.25) is 15.3 Å². The Morgan fingerprint density at radius 3 is 1.00 bits per heavy atom. The summed E-state index contributed by atoms with van der Waals surface area (Å²) in [6, 6.07) is 11.0. The van der Waals surface area contributed by atoms with Gasteiger partial charge in [-0.25, -0.2) is 0 Å². The van der Waals surface area contributed by atoms with Crippen molar-refractivity contribution in [3.63, 3.8) is 0 Å². The summed E-state index contributed by atoms with van der Waals surface area (Å²) < 4.78 is 0. The first-order valence-electron chi connectivity index (χ1n) is 7.30. The zero-order chi connectivity index (χ0) is 20.3. The third-order valence-corrected chi connectivity index (χ3v) is 3.93. The maximum absolute atomic E-state index is 9.44. The van der Waals surface area contributed by atoms with E-state index in [0.717, 1.165) is 0 Å². The lowest BCUT2D eigenvalue weighted by atomic mass is 9.35. The lowest BCUT2D eigenvalue weighted by Crippen LogP contribution is -2.56. The lowest BCUT2D eigenvalue weighted by molar-refractivity contribution is 1.06. The van der Waals surface area contributed by atoms with E-state index in [1.807, 2.05) is 36.4 Å². The highest BCUT2D eigenvalue weighted by atomic mass is 15.1. The van der Waals surface area contributed by atoms with E-state index in [4.69, 9.17) is 0 Å². The molecule has 28 heavy (non-hydrogen) atoms. The summed E-state index contributed by atoms with van der Waals surface area (Å²) in [6.07, 6.45) is 0. The molecule has 12 nitrogen and oxygen atoms in total. The van der Waals surface area contributed by atoms with Crippen molar-refractivity contribution >= 4 is 23.1 Å². The second kappa shape index (κ2) is 6.86. The standard InChI is InChI=1S/C15H3BN12/c17-1-7-13(8(2-18)24-23-7)16(14-9(3-19)25-26-10(14)4-20)15-11(5-21)27-28-12(15)6-22/h(H,23,24)(H,25,26)(H,27,28). The van der Waals surface area contributed by atoms with Gasteiger partial charge in [0, 0.05) is 16.4 Å². The van der Waals surface area contributed by atoms with Gasteiger partial charge >= 0.3 is 0 Å². The average molecular weight is 362 g/mol. The molecule has 0 aliphatic heterocycles. The second-order valence-corrected chi connectivity index (χ2v) is 5.19. The van der Waals surface area contributed by atoms with Crippen LogP contribution < -0.4 is 16.4 Å². The van der Waals surface area contributed by atoms with Crippen LogP contribution in [0.3, 0.4) is 0 Å². The number of aromatic nitrogens is 6. The number of H-pyrrole nitrogens is 3. The highest BCUT2D eigenvalue weighted by molar-refractivity contribution is 6.97. The third-order valence-electron chi connectivity index (χ3n) is 3.93. The molecule has 0 aromatic carbocycles. The van der Waals surface area contributed by atoms with E-state index >= 15 is 0 Å². The molecule has 0 aliphatic carbocycles. The van der Waals surface area contributed by atoms with Gasteiger partial charge in [0.1, 0.15) is 53.5 Å². The van der Waals surface area contributed by atoms with E-state index in [-0.39, 0.29) is 50.6 Å². The van der Waals surface area contributed by atoms with Gasteiger partial charge in [-0.15, -0.1) is 0 Å². The molecule has 3 N–H and O–H groups in total. The smallest absolute Gasteiger partial charge is 0.264 e. The van der Waals surface area contributed by atoms with Crippen LogP contribution in [-0.2, 0) is 0 Å². The maximum Gasteiger partial charge on any atom is 0.264 e. The summed E-state index contributed by atoms with van der Waals surface area (Å²) >= 11 is 0. The van der Waals surface area contributed by atoms with Crippen LogP contribution in [0.1, 0.15) is 34.2 Å². The molecule has 0 saturated carbocycles. The van der Waals surface area contributed by atoms with Crippen LogP contribution in [0, 0.1) is 68.0 Å². The molecule has 3 aromatic rings. The van der Waals surface area contributed by atoms with Crippen molar-refractivity contribution in [3.8, 4) is 36.4 Å². The molecule has 0 spiro atoms. The largest absolute Gasteiger partial charge is 0.267 e. The summed E-state index contributed by atoms with van der Waals surface area (Å²) in [5.41, 5.74) is -1.03. The quantitative estimate of drug-likeness (QED) is 0.421. The molecule has 0 bridgehead atoms. The Morgan fingerprint density at radius 1 is 0.500 bits per heavy atom. The fourth-order valence-corrected chi connectivity index (χ4v) is 2.84. The van der Waals surface area contributed by atoms with Gasteiger partial charge in [0.15, 0.2) is 17.1 Å². The van der Waals surface area contributed by atoms with Crippen LogP contribution in [0.4, 0.5) is 0 Å². The molecule has 0 saturated heterocycles. The van der Waals surface area contributed by atoms with Crippen molar-refractivity contribution in [3.05, 3.63) is 34.2 Å². The van der Waals surface area contributed by atoms with Gasteiger partial charge < -0.3 is 0 Å². The Balaban J connectivity index is 2.53. The number of nitriles is 6. The molecular weight excluding hydrogens is 359 g/mol. The molecular formula is C15H3BN12. The van der Waals surface area contributed by atoms with Gasteiger partial charge in [0.2, 0.25) is 0 Å². The predicted octanol–water partition coefficient (Wildman–Crippen LogP) is -2.40. The molecule has 0 amide bonds. The highest BCUT2D eigenvalue weighted by Crippen LogP contribution is 2.08. The molecule has 126 valence electrons. The van der Waals surface area contributed by atoms with Gasteiger partial charge in [0.25, 0.3) is 6.71 Å². The van der Waals surface area contributed by atoms with Crippen LogP contribution in [0.25, 0.3) is 0 Å². The maximum atomic E-state index is 9.44. The van der Waals surface area contributed by atoms with Crippen LogP contribution in [0.5, 0.6) is 0 Å². The molecule has 0 radical (unpaired) electrons. The molecule has 3 aromatic heterocycles. The molecule has 13 heteroatoms. The Bertz CT molecular complexity index is 1080. The Hall–Kier alpha value is -5.37. The first-order chi connectivity index (χ1) is 13.6. The van der Waals surface area contributed by atoms with Crippen LogP contribution in [0.2, 0.25) is 0 Å². The van der Waals surface area contributed by atoms with Gasteiger partial charge in [-0.1, -0.05) is 0 Å². The number of aromatic amines is 3. The molecule has 3 heterocycles. The van der Waals surface area contributed by atoms with Crippen molar-refractivity contribution < 1.29 is 0 Å². The average Bonchev–Trinajstić information content (AvgIpc) is 3.44. The minimum absolute atomic E-state index is 0.00574. The Kier molecular flexibility index (Phi) is 4.28. The zero-order valence-corrected chi connectivity index (χ0v) is 13.6. The number of nitrogens with zero attached hydrogens (tertiary/aromatic N) is 9. The fraction of sp³-hybridized carbons (Fsp3) is 0. The Labute approximate surface area is 156 Å². The van der Waals surface area contributed by atoms with Crippen LogP contribution >= 0.6 is 0 Å². The number of nitrogens with one attached hydrogen (secondary N) is 3. The van der Waals surface area contributed by atoms with Crippen molar-refractivity contribution in [2.24, 2.45) is 0 Å². The topological polar surface area (TPSA) is 229 Å². The van der Waals surface area contributed by atoms with E-state index in [2.05, 4.69) is 30.6 Å². The molecule has 0 fully saturated rings. The van der Waals surface area contributed by atoms with E-state index in [9.17, 15) is 31.6 Å². The highest BCUT2D eigenvalue weighted by Gasteiger charge is 2.39. The zero-order valence-electron chi connectivity index (χ0n) is 13.6. The van der Waals surface area contributed by atoms with Crippen LogP contribution in [0.15, 0.2) is 0 Å². The number of hydrogen-bond donors (Lipinski definition) is 3. The molecule has 3 rings (SSSR count). The number of hydrogen-bond acceptors (Lipinski definition) is 9. The first-order valence-corrected chi connectivity index (χ1v) is 7.30. The van der Waals surface area contributed by atoms with Crippen molar-refractivity contribution in [1.82, 2.24) is 30.6 Å². The molecule has 0 aliphatic rings. The molecule has 0 unspecified atom stereocenters. The van der Waals surface area contributed by atoms with Crippen molar-refractivity contribution in [2.75, 3.05) is 0 Å². The first kappa shape index (κ1) is 17.5. The van der Waals surface area contributed by atoms with E-state index in [1.54, 1.807) is 0 Å². The minimum Gasteiger partial charge on any atom is -0.267 e. The summed E-state index contributed by atoms with van der Waals surface area (Å²) in [5.74, 6) is 0. The monoisotopic (exact) mass is 362 g/mol. The minimum atomic E-state index is -1.23. The summed E-state index contributed by atoms with van der Waals surface area (Å²) in [4.78, 5) is 0. The van der Waals surface area contributed by atoms with Gasteiger partial charge in [0.05, 0.1) is 0 Å². The summed E-state index contributed by atoms with van der Waals surface area (Å²) in [6.45, 7) is -1.23. The van der Waals surface area contributed by atoms with E-state index < -0.39 is 6.71 Å². The fourth-order valence-electron chi connectivity index (χ4n) is 2.84. The van der Waals surface area contributed by atoms with E-state index in [1.165, 1.54) is 0 Å². The van der Waals surface area contributed by atoms with Gasteiger partial charge in [-0.2, -0.15) is 46.9 Å². The van der Waals surface area contributed by atoms with Crippen molar-refractivity contribution in [2.45, 2.75) is 0 Å². The number of rotatable bonds is 3. The third kappa shape index (κ3) is 2.39. The van der Waals surface area contributed by atoms with Gasteiger partial charge in [-0.05, 0) is 0 Å². The molecule has 0 atom stereocenters. The Morgan fingerprint density at radius 2 is 0.786 bits per heavy atom. The van der Waals surface area contributed by atoms with E-state index in [0.29, 0.717) is 0 Å². The van der Waals surface area contributed by atoms with Crippen LogP contribution in [-0.4, -0.2) is 37.3 Å². The predicted molar refractivity (Wildman–Crippen MR) is 88.7 cm³/mol. The second-order valence-electron chi connectivity index (χ2n) is 5.19. The normalized spacial score (nSPS) is 9.21. The SMILES string of the molecule is N#Cc1n[nH]c(C#N)c1B(c1c(C#N)n[nH]c1C#N)c1c(C#N)n[nH]c1C#N.